The number of carbonyl (C=O) groups is 1. The molecular weight excluding hydrogens is 240 g/mol. The van der Waals surface area contributed by atoms with Crippen LogP contribution >= 0.6 is 0 Å². The Balaban J connectivity index is 2.49. The third-order valence-corrected chi connectivity index (χ3v) is 2.85. The Hall–Kier alpha value is -1.41. The number of carbonyl (C=O) groups excluding carboxylic acids is 1. The van der Waals surface area contributed by atoms with Crippen molar-refractivity contribution in [3.63, 3.8) is 0 Å². The fraction of sp³-hybridized carbons (Fsp3) is 0.615. The van der Waals surface area contributed by atoms with Crippen molar-refractivity contribution >= 4 is 5.91 Å². The summed E-state index contributed by atoms with van der Waals surface area (Å²) in [6.07, 6.45) is 2.08. The number of hydrogen-bond acceptors (Lipinski definition) is 2. The highest BCUT2D eigenvalue weighted by atomic mass is 19.3. The third kappa shape index (κ3) is 3.81. The molecule has 1 amide bonds. The molecule has 3 atom stereocenters. The second-order valence-electron chi connectivity index (χ2n) is 4.47. The number of halogens is 2. The van der Waals surface area contributed by atoms with Crippen molar-refractivity contribution in [2.75, 3.05) is 0 Å². The molecule has 0 aromatic rings. The first-order chi connectivity index (χ1) is 8.36. The van der Waals surface area contributed by atoms with Crippen molar-refractivity contribution in [2.45, 2.75) is 44.8 Å². The Morgan fingerprint density at radius 1 is 1.67 bits per heavy atom. The summed E-state index contributed by atoms with van der Waals surface area (Å²) in [5.41, 5.74) is 0. The summed E-state index contributed by atoms with van der Waals surface area (Å²) in [6.45, 7) is 3.53. The largest absolute Gasteiger partial charge is 0.389 e. The van der Waals surface area contributed by atoms with E-state index >= 15 is 0 Å². The molecule has 5 heteroatoms. The molecule has 0 radical (unpaired) electrons. The van der Waals surface area contributed by atoms with Crippen molar-refractivity contribution in [1.82, 2.24) is 5.32 Å². The van der Waals surface area contributed by atoms with Crippen LogP contribution in [0.5, 0.6) is 0 Å². The maximum atomic E-state index is 12.9. The summed E-state index contributed by atoms with van der Waals surface area (Å²) in [5, 5.41) is 11.9. The number of rotatable bonds is 4. The Morgan fingerprint density at radius 2 is 2.33 bits per heavy atom. The Kier molecular flexibility index (Phi) is 4.85. The van der Waals surface area contributed by atoms with Crippen LogP contribution in [0.2, 0.25) is 0 Å². The molecular formula is C13H17F2NO2. The fourth-order valence-corrected chi connectivity index (χ4v) is 1.63. The van der Waals surface area contributed by atoms with Crippen LogP contribution in [0.3, 0.4) is 0 Å². The van der Waals surface area contributed by atoms with Gasteiger partial charge in [-0.15, -0.1) is 11.8 Å². The normalized spacial score (nSPS) is 25.4. The first kappa shape index (κ1) is 14.7. The van der Waals surface area contributed by atoms with Crippen LogP contribution < -0.4 is 5.32 Å². The summed E-state index contributed by atoms with van der Waals surface area (Å²) in [4.78, 5) is 10.9. The lowest BCUT2D eigenvalue weighted by molar-refractivity contribution is -0.139. The van der Waals surface area contributed by atoms with Crippen LogP contribution in [0.4, 0.5) is 8.78 Å². The first-order valence-corrected chi connectivity index (χ1v) is 5.81. The Morgan fingerprint density at radius 3 is 2.83 bits per heavy atom. The molecule has 1 heterocycles. The van der Waals surface area contributed by atoms with Crippen LogP contribution in [-0.2, 0) is 4.79 Å². The molecule has 1 rings (SSSR count). The predicted molar refractivity (Wildman–Crippen MR) is 63.9 cm³/mol. The van der Waals surface area contributed by atoms with Gasteiger partial charge in [-0.3, -0.25) is 4.79 Å². The van der Waals surface area contributed by atoms with E-state index in [1.807, 2.05) is 6.92 Å². The maximum absolute atomic E-state index is 12.9. The fourth-order valence-electron chi connectivity index (χ4n) is 1.63. The Labute approximate surface area is 105 Å². The lowest BCUT2D eigenvalue weighted by atomic mass is 10.00. The van der Waals surface area contributed by atoms with Gasteiger partial charge in [0.05, 0.1) is 12.1 Å². The summed E-state index contributed by atoms with van der Waals surface area (Å²) in [6, 6.07) is -0.716. The van der Waals surface area contributed by atoms with Crippen LogP contribution in [0.1, 0.15) is 26.7 Å². The van der Waals surface area contributed by atoms with Gasteiger partial charge in [-0.25, -0.2) is 0 Å². The van der Waals surface area contributed by atoms with Gasteiger partial charge < -0.3 is 10.4 Å². The van der Waals surface area contributed by atoms with E-state index in [4.69, 9.17) is 0 Å². The van der Waals surface area contributed by atoms with E-state index in [0.717, 1.165) is 0 Å². The topological polar surface area (TPSA) is 49.3 Å². The number of alkyl halides is 2. The van der Waals surface area contributed by atoms with Crippen LogP contribution in [0.25, 0.3) is 0 Å². The van der Waals surface area contributed by atoms with Crippen molar-refractivity contribution in [3.05, 3.63) is 12.2 Å². The maximum Gasteiger partial charge on any atom is 0.326 e. The van der Waals surface area contributed by atoms with Gasteiger partial charge in [-0.05, 0) is 12.8 Å². The zero-order valence-corrected chi connectivity index (χ0v) is 10.4. The number of amides is 1. The highest BCUT2D eigenvalue weighted by molar-refractivity contribution is 5.86. The minimum absolute atomic E-state index is 0.0775. The summed E-state index contributed by atoms with van der Waals surface area (Å²) >= 11 is 0. The molecule has 0 aromatic carbocycles. The summed E-state index contributed by atoms with van der Waals surface area (Å²) in [7, 11) is 0. The van der Waals surface area contributed by atoms with Crippen LogP contribution in [-0.4, -0.2) is 29.1 Å². The van der Waals surface area contributed by atoms with Gasteiger partial charge in [-0.2, -0.15) is 8.78 Å². The molecule has 1 fully saturated rings. The van der Waals surface area contributed by atoms with E-state index < -0.39 is 30.4 Å². The quantitative estimate of drug-likeness (QED) is 0.592. The zero-order chi connectivity index (χ0) is 13.8. The van der Waals surface area contributed by atoms with E-state index in [0.29, 0.717) is 6.42 Å². The van der Waals surface area contributed by atoms with Crippen LogP contribution in [0, 0.1) is 17.8 Å². The van der Waals surface area contributed by atoms with E-state index in [-0.39, 0.29) is 5.92 Å². The van der Waals surface area contributed by atoms with Crippen molar-refractivity contribution in [2.24, 2.45) is 5.92 Å². The lowest BCUT2D eigenvalue weighted by Gasteiger charge is -2.13. The highest BCUT2D eigenvalue weighted by Gasteiger charge is 2.47. The molecule has 0 unspecified atom stereocenters. The van der Waals surface area contributed by atoms with E-state index in [1.54, 1.807) is 6.92 Å². The summed E-state index contributed by atoms with van der Waals surface area (Å²) in [5.74, 6) is 0.932. The molecule has 1 aliphatic rings. The van der Waals surface area contributed by atoms with E-state index in [1.165, 1.54) is 12.2 Å². The lowest BCUT2D eigenvalue weighted by Crippen LogP contribution is -2.30. The number of aliphatic hydroxyl groups excluding tert-OH is 1. The molecule has 1 aliphatic heterocycles. The van der Waals surface area contributed by atoms with Gasteiger partial charge >= 0.3 is 5.92 Å². The van der Waals surface area contributed by atoms with E-state index in [2.05, 4.69) is 17.2 Å². The van der Waals surface area contributed by atoms with Crippen molar-refractivity contribution in [3.8, 4) is 11.8 Å². The monoisotopic (exact) mass is 257 g/mol. The second-order valence-corrected chi connectivity index (χ2v) is 4.47. The molecule has 0 bridgehead atoms. The smallest absolute Gasteiger partial charge is 0.326 e. The number of nitrogens with one attached hydrogen (secondary N) is 1. The van der Waals surface area contributed by atoms with Gasteiger partial charge in [0, 0.05) is 12.8 Å². The van der Waals surface area contributed by atoms with Gasteiger partial charge in [0.1, 0.15) is 0 Å². The molecule has 0 aromatic heterocycles. The first-order valence-electron chi connectivity index (χ1n) is 5.81. The predicted octanol–water partition coefficient (Wildman–Crippen LogP) is 1.48. The van der Waals surface area contributed by atoms with Crippen LogP contribution in [0.15, 0.2) is 12.2 Å². The molecule has 1 saturated heterocycles. The molecule has 0 saturated carbocycles. The molecule has 18 heavy (non-hydrogen) atoms. The Bertz CT molecular complexity index is 396. The van der Waals surface area contributed by atoms with Gasteiger partial charge in [0.2, 0.25) is 0 Å². The minimum atomic E-state index is -3.31. The average Bonchev–Trinajstić information content (AvgIpc) is 2.57. The van der Waals surface area contributed by atoms with Gasteiger partial charge in [0.25, 0.3) is 5.91 Å². The molecule has 100 valence electrons. The zero-order valence-electron chi connectivity index (χ0n) is 10.4. The number of hydrogen-bond donors (Lipinski definition) is 2. The van der Waals surface area contributed by atoms with Crippen molar-refractivity contribution in [1.29, 1.82) is 0 Å². The molecule has 0 spiro atoms. The van der Waals surface area contributed by atoms with E-state index in [9.17, 15) is 18.7 Å². The number of aliphatic hydroxyl groups is 1. The standard InChI is InChI=1S/C13H17F2NO2/c1-3-4-5-9(2)11(17)7-6-10-8-13(14,15)12(18)16-10/h6-7,9-11,17H,5,8H2,1-2H3,(H,16,18)/b7-6+/t9-,10-,11+/m0/s1. The summed E-state index contributed by atoms with van der Waals surface area (Å²) < 4.78 is 25.8. The molecule has 2 N–H and O–H groups in total. The average molecular weight is 257 g/mol. The molecule has 0 aliphatic carbocycles. The minimum Gasteiger partial charge on any atom is -0.389 e. The van der Waals surface area contributed by atoms with Gasteiger partial charge in [-0.1, -0.05) is 19.1 Å². The van der Waals surface area contributed by atoms with Crippen molar-refractivity contribution < 1.29 is 18.7 Å². The SMILES string of the molecule is CC#CC[C@H](C)[C@H](O)/C=C/[C@H]1CC(F)(F)C(=O)N1. The second kappa shape index (κ2) is 5.96. The third-order valence-electron chi connectivity index (χ3n) is 2.85. The highest BCUT2D eigenvalue weighted by Crippen LogP contribution is 2.27. The van der Waals surface area contributed by atoms with Gasteiger partial charge in [0.15, 0.2) is 0 Å². The molecule has 3 nitrogen and oxygen atoms in total.